The molecule has 0 unspecified atom stereocenters. The lowest BCUT2D eigenvalue weighted by Crippen LogP contribution is -2.16. The summed E-state index contributed by atoms with van der Waals surface area (Å²) in [5.74, 6) is -0.460. The molecule has 0 aliphatic carbocycles. The fraction of sp³-hybridized carbons (Fsp3) is 0.500. The van der Waals surface area contributed by atoms with Crippen LogP contribution in [0.3, 0.4) is 0 Å². The number of ether oxygens (including phenoxy) is 3. The second-order valence-corrected chi connectivity index (χ2v) is 4.93. The predicted molar refractivity (Wildman–Crippen MR) is 76.8 cm³/mol. The van der Waals surface area contributed by atoms with E-state index in [-0.39, 0.29) is 19.3 Å². The minimum atomic E-state index is -0.983. The zero-order valence-electron chi connectivity index (χ0n) is 12.4. The van der Waals surface area contributed by atoms with Crippen LogP contribution in [0.5, 0.6) is 0 Å². The van der Waals surface area contributed by atoms with E-state index < -0.39 is 12.1 Å². The highest BCUT2D eigenvalue weighted by molar-refractivity contribution is 5.70. The SMILES string of the molecule is CCOC(=O)C[C@H](O)c1ccc(C#N)cc1CC1OCCO1. The van der Waals surface area contributed by atoms with Crippen LogP contribution >= 0.6 is 0 Å². The summed E-state index contributed by atoms with van der Waals surface area (Å²) in [4.78, 5) is 11.5. The van der Waals surface area contributed by atoms with Crippen molar-refractivity contribution in [3.8, 4) is 6.07 Å². The summed E-state index contributed by atoms with van der Waals surface area (Å²) in [6.07, 6.45) is -1.07. The van der Waals surface area contributed by atoms with E-state index in [0.717, 1.165) is 5.56 Å². The van der Waals surface area contributed by atoms with Gasteiger partial charge in [0.05, 0.1) is 44.0 Å². The summed E-state index contributed by atoms with van der Waals surface area (Å²) < 4.78 is 15.7. The van der Waals surface area contributed by atoms with Crippen molar-refractivity contribution in [1.29, 1.82) is 5.26 Å². The zero-order valence-corrected chi connectivity index (χ0v) is 12.4. The summed E-state index contributed by atoms with van der Waals surface area (Å²) in [5, 5.41) is 19.3. The third kappa shape index (κ3) is 4.28. The van der Waals surface area contributed by atoms with Crippen molar-refractivity contribution in [2.75, 3.05) is 19.8 Å². The van der Waals surface area contributed by atoms with E-state index in [0.29, 0.717) is 30.8 Å². The van der Waals surface area contributed by atoms with Gasteiger partial charge in [-0.1, -0.05) is 6.07 Å². The van der Waals surface area contributed by atoms with Gasteiger partial charge in [-0.25, -0.2) is 0 Å². The van der Waals surface area contributed by atoms with Crippen molar-refractivity contribution in [1.82, 2.24) is 0 Å². The number of hydrogen-bond donors (Lipinski definition) is 1. The Bertz CT molecular complexity index is 560. The molecule has 6 heteroatoms. The molecule has 1 aliphatic heterocycles. The van der Waals surface area contributed by atoms with Crippen LogP contribution in [-0.4, -0.2) is 37.2 Å². The van der Waals surface area contributed by atoms with Crippen molar-refractivity contribution >= 4 is 5.97 Å². The predicted octanol–water partition coefficient (Wildman–Crippen LogP) is 1.46. The van der Waals surface area contributed by atoms with Crippen molar-refractivity contribution in [2.45, 2.75) is 32.2 Å². The number of nitrogens with zero attached hydrogens (tertiary/aromatic N) is 1. The first kappa shape index (κ1) is 16.4. The van der Waals surface area contributed by atoms with Crippen molar-refractivity contribution in [3.05, 3.63) is 34.9 Å². The molecule has 1 saturated heterocycles. The van der Waals surface area contributed by atoms with Crippen LogP contribution in [0.1, 0.15) is 36.1 Å². The Labute approximate surface area is 129 Å². The van der Waals surface area contributed by atoms with Gasteiger partial charge in [-0.15, -0.1) is 0 Å². The maximum Gasteiger partial charge on any atom is 0.308 e. The molecule has 118 valence electrons. The molecular formula is C16H19NO5. The lowest BCUT2D eigenvalue weighted by molar-refractivity contribution is -0.145. The van der Waals surface area contributed by atoms with Gasteiger partial charge < -0.3 is 19.3 Å². The first-order valence-electron chi connectivity index (χ1n) is 7.23. The highest BCUT2D eigenvalue weighted by Gasteiger charge is 2.22. The number of carbonyl (C=O) groups excluding carboxylic acids is 1. The van der Waals surface area contributed by atoms with Gasteiger partial charge in [0.15, 0.2) is 6.29 Å². The standard InChI is InChI=1S/C16H19NO5/c1-2-20-15(19)9-14(18)13-4-3-11(10-17)7-12(13)8-16-21-5-6-22-16/h3-4,7,14,16,18H,2,5-6,8-9H2,1H3/t14-/m0/s1. The molecule has 1 heterocycles. The molecule has 1 fully saturated rings. The Balaban J connectivity index is 2.17. The average Bonchev–Trinajstić information content (AvgIpc) is 3.00. The Morgan fingerprint density at radius 3 is 2.86 bits per heavy atom. The Hall–Kier alpha value is -1.94. The number of carbonyl (C=O) groups is 1. The summed E-state index contributed by atoms with van der Waals surface area (Å²) >= 11 is 0. The minimum Gasteiger partial charge on any atom is -0.466 e. The van der Waals surface area contributed by atoms with Crippen LogP contribution in [0.4, 0.5) is 0 Å². The van der Waals surface area contributed by atoms with Gasteiger partial charge in [-0.3, -0.25) is 4.79 Å². The molecule has 1 aromatic carbocycles. The van der Waals surface area contributed by atoms with Crippen LogP contribution in [0.15, 0.2) is 18.2 Å². The Kier molecular flexibility index (Phi) is 5.90. The van der Waals surface area contributed by atoms with E-state index in [4.69, 9.17) is 19.5 Å². The minimum absolute atomic E-state index is 0.126. The van der Waals surface area contributed by atoms with Crippen molar-refractivity contribution in [2.24, 2.45) is 0 Å². The van der Waals surface area contributed by atoms with Crippen LogP contribution in [-0.2, 0) is 25.4 Å². The molecule has 0 amide bonds. The highest BCUT2D eigenvalue weighted by atomic mass is 16.7. The normalized spacial score (nSPS) is 16.2. The molecule has 22 heavy (non-hydrogen) atoms. The molecule has 0 aromatic heterocycles. The molecule has 2 rings (SSSR count). The summed E-state index contributed by atoms with van der Waals surface area (Å²) in [7, 11) is 0. The van der Waals surface area contributed by atoms with Crippen LogP contribution in [0.25, 0.3) is 0 Å². The van der Waals surface area contributed by atoms with Gasteiger partial charge in [0.2, 0.25) is 0 Å². The van der Waals surface area contributed by atoms with Gasteiger partial charge in [-0.2, -0.15) is 5.26 Å². The van der Waals surface area contributed by atoms with E-state index in [1.165, 1.54) is 0 Å². The number of benzene rings is 1. The number of hydrogen-bond acceptors (Lipinski definition) is 6. The molecule has 1 N–H and O–H groups in total. The molecule has 1 aliphatic rings. The van der Waals surface area contributed by atoms with Gasteiger partial charge in [0, 0.05) is 6.42 Å². The molecule has 0 radical (unpaired) electrons. The van der Waals surface area contributed by atoms with Crippen LogP contribution < -0.4 is 0 Å². The van der Waals surface area contributed by atoms with E-state index >= 15 is 0 Å². The largest absolute Gasteiger partial charge is 0.466 e. The third-order valence-corrected chi connectivity index (χ3v) is 3.37. The first-order chi connectivity index (χ1) is 10.6. The lowest BCUT2D eigenvalue weighted by atomic mass is 9.96. The topological polar surface area (TPSA) is 88.8 Å². The van der Waals surface area contributed by atoms with Crippen molar-refractivity contribution < 1.29 is 24.1 Å². The van der Waals surface area contributed by atoms with Crippen molar-refractivity contribution in [3.63, 3.8) is 0 Å². The monoisotopic (exact) mass is 305 g/mol. The van der Waals surface area contributed by atoms with Crippen LogP contribution in [0, 0.1) is 11.3 Å². The number of esters is 1. The second kappa shape index (κ2) is 7.90. The number of nitriles is 1. The zero-order chi connectivity index (χ0) is 15.9. The Morgan fingerprint density at radius 1 is 1.50 bits per heavy atom. The molecule has 0 bridgehead atoms. The maximum absolute atomic E-state index is 11.5. The van der Waals surface area contributed by atoms with Gasteiger partial charge in [-0.05, 0) is 30.2 Å². The smallest absolute Gasteiger partial charge is 0.308 e. The van der Waals surface area contributed by atoms with Gasteiger partial charge >= 0.3 is 5.97 Å². The number of aliphatic hydroxyl groups is 1. The fourth-order valence-electron chi connectivity index (χ4n) is 2.37. The average molecular weight is 305 g/mol. The maximum atomic E-state index is 11.5. The summed E-state index contributed by atoms with van der Waals surface area (Å²) in [5.41, 5.74) is 1.81. The van der Waals surface area contributed by atoms with E-state index in [1.807, 2.05) is 0 Å². The first-order valence-corrected chi connectivity index (χ1v) is 7.23. The highest BCUT2D eigenvalue weighted by Crippen LogP contribution is 2.25. The Morgan fingerprint density at radius 2 is 2.23 bits per heavy atom. The molecular weight excluding hydrogens is 286 g/mol. The van der Waals surface area contributed by atoms with Crippen LogP contribution in [0.2, 0.25) is 0 Å². The van der Waals surface area contributed by atoms with E-state index in [9.17, 15) is 9.90 Å². The number of rotatable bonds is 6. The molecule has 0 saturated carbocycles. The quantitative estimate of drug-likeness (QED) is 0.800. The summed E-state index contributed by atoms with van der Waals surface area (Å²) in [6.45, 7) is 3.05. The summed E-state index contributed by atoms with van der Waals surface area (Å²) in [6, 6.07) is 7.03. The van der Waals surface area contributed by atoms with Gasteiger partial charge in [0.1, 0.15) is 0 Å². The lowest BCUT2D eigenvalue weighted by Gasteiger charge is -2.17. The second-order valence-electron chi connectivity index (χ2n) is 4.93. The van der Waals surface area contributed by atoms with Gasteiger partial charge in [0.25, 0.3) is 0 Å². The van der Waals surface area contributed by atoms with E-state index in [1.54, 1.807) is 25.1 Å². The fourth-order valence-corrected chi connectivity index (χ4v) is 2.37. The molecule has 1 aromatic rings. The number of aliphatic hydroxyl groups excluding tert-OH is 1. The molecule has 0 spiro atoms. The van der Waals surface area contributed by atoms with E-state index in [2.05, 4.69) is 6.07 Å². The molecule has 1 atom stereocenters. The molecule has 6 nitrogen and oxygen atoms in total. The third-order valence-electron chi connectivity index (χ3n) is 3.37.